The van der Waals surface area contributed by atoms with Gasteiger partial charge in [0.1, 0.15) is 28.6 Å². The van der Waals surface area contributed by atoms with E-state index in [1.165, 1.54) is 10.5 Å². The number of para-hydroxylation sites is 1. The predicted molar refractivity (Wildman–Crippen MR) is 125 cm³/mol. The van der Waals surface area contributed by atoms with Crippen molar-refractivity contribution in [2.75, 3.05) is 19.8 Å². The molecule has 1 N–H and O–H groups in total. The van der Waals surface area contributed by atoms with Gasteiger partial charge in [0.05, 0.1) is 5.02 Å². The standard InChI is InChI=1S/C24H23ClN4O4/c1-3-32-13-7-11-27-22(30)17(15-26)14-18-23(33-20-10-5-4-9-19(20)25)28-21-16(2)8-6-12-29(21)24(18)31/h4-6,8-10,12,14H,3,7,11,13H2,1-2H3,(H,27,30)/b17-14+. The van der Waals surface area contributed by atoms with E-state index in [-0.39, 0.29) is 22.8 Å². The van der Waals surface area contributed by atoms with Crippen LogP contribution in [0.4, 0.5) is 0 Å². The van der Waals surface area contributed by atoms with Crippen molar-refractivity contribution in [3.8, 4) is 17.7 Å². The highest BCUT2D eigenvalue weighted by atomic mass is 35.5. The van der Waals surface area contributed by atoms with Gasteiger partial charge in [0.15, 0.2) is 0 Å². The molecule has 3 aromatic rings. The predicted octanol–water partition coefficient (Wildman–Crippen LogP) is 3.90. The number of hydrogen-bond acceptors (Lipinski definition) is 6. The number of aryl methyl sites for hydroxylation is 1. The van der Waals surface area contributed by atoms with E-state index in [4.69, 9.17) is 21.1 Å². The van der Waals surface area contributed by atoms with E-state index in [0.717, 1.165) is 5.56 Å². The largest absolute Gasteiger partial charge is 0.437 e. The first-order valence-corrected chi connectivity index (χ1v) is 10.8. The molecule has 33 heavy (non-hydrogen) atoms. The van der Waals surface area contributed by atoms with Crippen LogP contribution in [0.2, 0.25) is 5.02 Å². The Morgan fingerprint density at radius 3 is 2.82 bits per heavy atom. The molecular weight excluding hydrogens is 444 g/mol. The molecule has 0 spiro atoms. The van der Waals surface area contributed by atoms with Gasteiger partial charge >= 0.3 is 0 Å². The molecule has 170 valence electrons. The van der Waals surface area contributed by atoms with Crippen LogP contribution in [0.3, 0.4) is 0 Å². The number of carbonyl (C=O) groups is 1. The van der Waals surface area contributed by atoms with Crippen molar-refractivity contribution in [3.05, 3.63) is 74.7 Å². The Labute approximate surface area is 196 Å². The van der Waals surface area contributed by atoms with E-state index < -0.39 is 11.5 Å². The Bertz CT molecular complexity index is 1290. The summed E-state index contributed by atoms with van der Waals surface area (Å²) >= 11 is 6.21. The molecule has 9 heteroatoms. The molecule has 8 nitrogen and oxygen atoms in total. The lowest BCUT2D eigenvalue weighted by Crippen LogP contribution is -2.27. The van der Waals surface area contributed by atoms with Crippen LogP contribution in [-0.2, 0) is 9.53 Å². The van der Waals surface area contributed by atoms with Crippen LogP contribution < -0.4 is 15.6 Å². The van der Waals surface area contributed by atoms with E-state index in [2.05, 4.69) is 10.3 Å². The second kappa shape index (κ2) is 11.3. The lowest BCUT2D eigenvalue weighted by molar-refractivity contribution is -0.117. The molecular formula is C24H23ClN4O4. The molecule has 0 radical (unpaired) electrons. The van der Waals surface area contributed by atoms with Crippen LogP contribution in [0.25, 0.3) is 11.7 Å². The van der Waals surface area contributed by atoms with Gasteiger partial charge in [-0.25, -0.2) is 0 Å². The van der Waals surface area contributed by atoms with Crippen molar-refractivity contribution in [1.29, 1.82) is 5.26 Å². The van der Waals surface area contributed by atoms with E-state index in [0.29, 0.717) is 36.8 Å². The fraction of sp³-hybridized carbons (Fsp3) is 0.250. The Balaban J connectivity index is 2.05. The number of rotatable bonds is 9. The number of fused-ring (bicyclic) bond motifs is 1. The zero-order valence-corrected chi connectivity index (χ0v) is 19.1. The summed E-state index contributed by atoms with van der Waals surface area (Å²) in [5.41, 5.74) is 0.367. The maximum atomic E-state index is 13.3. The van der Waals surface area contributed by atoms with Crippen LogP contribution in [0.5, 0.6) is 11.6 Å². The summed E-state index contributed by atoms with van der Waals surface area (Å²) in [4.78, 5) is 30.3. The first kappa shape index (κ1) is 24.0. The highest BCUT2D eigenvalue weighted by Crippen LogP contribution is 2.30. The summed E-state index contributed by atoms with van der Waals surface area (Å²) < 4.78 is 12.5. The number of nitrogens with one attached hydrogen (secondary N) is 1. The Kier molecular flexibility index (Phi) is 8.19. The molecule has 0 bridgehead atoms. The average molecular weight is 467 g/mol. The number of hydrogen-bond donors (Lipinski definition) is 1. The maximum Gasteiger partial charge on any atom is 0.269 e. The molecule has 1 aromatic carbocycles. The van der Waals surface area contributed by atoms with Crippen molar-refractivity contribution >= 4 is 29.2 Å². The molecule has 3 rings (SSSR count). The lowest BCUT2D eigenvalue weighted by Gasteiger charge is -2.12. The van der Waals surface area contributed by atoms with Crippen LogP contribution in [-0.4, -0.2) is 35.1 Å². The van der Waals surface area contributed by atoms with Gasteiger partial charge in [0.2, 0.25) is 5.88 Å². The number of nitrogens with zero attached hydrogens (tertiary/aromatic N) is 3. The SMILES string of the molecule is CCOCCCNC(=O)/C(C#N)=C/c1c(Oc2ccccc2Cl)nc2c(C)cccn2c1=O. The third-order valence-electron chi connectivity index (χ3n) is 4.70. The number of benzene rings is 1. The highest BCUT2D eigenvalue weighted by molar-refractivity contribution is 6.32. The van der Waals surface area contributed by atoms with Crippen molar-refractivity contribution in [2.24, 2.45) is 0 Å². The van der Waals surface area contributed by atoms with Gasteiger partial charge < -0.3 is 14.8 Å². The summed E-state index contributed by atoms with van der Waals surface area (Å²) in [6, 6.07) is 12.1. The van der Waals surface area contributed by atoms with Gasteiger partial charge in [-0.05, 0) is 50.1 Å². The topological polar surface area (TPSA) is 106 Å². The molecule has 2 heterocycles. The summed E-state index contributed by atoms with van der Waals surface area (Å²) in [7, 11) is 0. The van der Waals surface area contributed by atoms with Crippen LogP contribution in [0.15, 0.2) is 53.0 Å². The molecule has 0 aliphatic heterocycles. The van der Waals surface area contributed by atoms with E-state index in [9.17, 15) is 14.9 Å². The van der Waals surface area contributed by atoms with Gasteiger partial charge in [0.25, 0.3) is 11.5 Å². The highest BCUT2D eigenvalue weighted by Gasteiger charge is 2.18. The molecule has 0 saturated heterocycles. The Hall–Kier alpha value is -3.67. The fourth-order valence-corrected chi connectivity index (χ4v) is 3.21. The smallest absolute Gasteiger partial charge is 0.269 e. The quantitative estimate of drug-likeness (QED) is 0.291. The summed E-state index contributed by atoms with van der Waals surface area (Å²) in [5.74, 6) is -0.372. The number of carbonyl (C=O) groups excluding carboxylic acids is 1. The van der Waals surface area contributed by atoms with E-state index in [1.54, 1.807) is 36.5 Å². The normalized spacial score (nSPS) is 11.3. The molecule has 0 aliphatic carbocycles. The summed E-state index contributed by atoms with van der Waals surface area (Å²) in [5, 5.41) is 12.6. The number of ether oxygens (including phenoxy) is 2. The van der Waals surface area contributed by atoms with Gasteiger partial charge in [-0.2, -0.15) is 10.2 Å². The van der Waals surface area contributed by atoms with Crippen LogP contribution in [0.1, 0.15) is 24.5 Å². The zero-order valence-electron chi connectivity index (χ0n) is 18.3. The molecule has 0 atom stereocenters. The first-order chi connectivity index (χ1) is 16.0. The second-order valence-electron chi connectivity index (χ2n) is 7.03. The summed E-state index contributed by atoms with van der Waals surface area (Å²) in [6.07, 6.45) is 3.35. The Morgan fingerprint density at radius 2 is 2.09 bits per heavy atom. The lowest BCUT2D eigenvalue weighted by atomic mass is 10.1. The molecule has 0 unspecified atom stereocenters. The molecule has 2 aromatic heterocycles. The minimum absolute atomic E-state index is 0.0426. The van der Waals surface area contributed by atoms with Gasteiger partial charge in [0, 0.05) is 26.0 Å². The van der Waals surface area contributed by atoms with E-state index in [1.807, 2.05) is 26.0 Å². The first-order valence-electron chi connectivity index (χ1n) is 10.4. The number of amides is 1. The maximum absolute atomic E-state index is 13.3. The van der Waals surface area contributed by atoms with Crippen molar-refractivity contribution in [3.63, 3.8) is 0 Å². The minimum Gasteiger partial charge on any atom is -0.437 e. The number of aromatic nitrogens is 2. The second-order valence-corrected chi connectivity index (χ2v) is 7.44. The Morgan fingerprint density at radius 1 is 1.30 bits per heavy atom. The third-order valence-corrected chi connectivity index (χ3v) is 5.01. The van der Waals surface area contributed by atoms with Gasteiger partial charge in [-0.3, -0.25) is 14.0 Å². The minimum atomic E-state index is -0.605. The molecule has 0 fully saturated rings. The average Bonchev–Trinajstić information content (AvgIpc) is 2.81. The van der Waals surface area contributed by atoms with Crippen molar-refractivity contribution in [2.45, 2.75) is 20.3 Å². The summed E-state index contributed by atoms with van der Waals surface area (Å²) in [6.45, 7) is 5.11. The third kappa shape index (κ3) is 5.77. The molecule has 0 aliphatic rings. The van der Waals surface area contributed by atoms with Crippen molar-refractivity contribution in [1.82, 2.24) is 14.7 Å². The monoisotopic (exact) mass is 466 g/mol. The van der Waals surface area contributed by atoms with E-state index >= 15 is 0 Å². The molecule has 0 saturated carbocycles. The zero-order chi connectivity index (χ0) is 23.8. The number of halogens is 1. The van der Waals surface area contributed by atoms with Crippen molar-refractivity contribution < 1.29 is 14.3 Å². The fourth-order valence-electron chi connectivity index (χ4n) is 3.03. The van der Waals surface area contributed by atoms with Crippen LogP contribution in [0, 0.1) is 18.3 Å². The molecule has 1 amide bonds. The number of pyridine rings is 1. The van der Waals surface area contributed by atoms with Gasteiger partial charge in [-0.1, -0.05) is 29.8 Å². The van der Waals surface area contributed by atoms with Crippen LogP contribution >= 0.6 is 11.6 Å². The number of nitriles is 1. The van der Waals surface area contributed by atoms with Gasteiger partial charge in [-0.15, -0.1) is 0 Å².